The summed E-state index contributed by atoms with van der Waals surface area (Å²) >= 11 is 0. The molecule has 0 aliphatic heterocycles. The summed E-state index contributed by atoms with van der Waals surface area (Å²) in [6, 6.07) is 13.6. The molecule has 0 unspecified atom stereocenters. The molecule has 2 aromatic rings. The molecule has 0 fully saturated rings. The van der Waals surface area contributed by atoms with Gasteiger partial charge in [0.05, 0.1) is 11.6 Å². The van der Waals surface area contributed by atoms with Gasteiger partial charge >= 0.3 is 5.97 Å². The molecule has 26 heavy (non-hydrogen) atoms. The SMILES string of the molecule is CC(C)Cc1ccc([C@H](C)NC(=O)COC(=O)c2ccc(O)cc2)cc1. The Hall–Kier alpha value is -2.82. The molecule has 138 valence electrons. The van der Waals surface area contributed by atoms with E-state index in [1.165, 1.54) is 29.8 Å². The van der Waals surface area contributed by atoms with Crippen molar-refractivity contribution < 1.29 is 19.4 Å². The summed E-state index contributed by atoms with van der Waals surface area (Å²) < 4.78 is 5.00. The molecule has 0 saturated heterocycles. The van der Waals surface area contributed by atoms with Gasteiger partial charge in [-0.3, -0.25) is 4.79 Å². The second kappa shape index (κ2) is 9.04. The van der Waals surface area contributed by atoms with Gasteiger partial charge in [0.15, 0.2) is 6.61 Å². The van der Waals surface area contributed by atoms with E-state index in [0.717, 1.165) is 12.0 Å². The Morgan fingerprint density at radius 3 is 2.19 bits per heavy atom. The fourth-order valence-corrected chi connectivity index (χ4v) is 2.59. The van der Waals surface area contributed by atoms with Gasteiger partial charge in [-0.05, 0) is 54.7 Å². The van der Waals surface area contributed by atoms with E-state index in [1.54, 1.807) is 0 Å². The average Bonchev–Trinajstić information content (AvgIpc) is 2.60. The molecule has 0 aromatic heterocycles. The van der Waals surface area contributed by atoms with Crippen molar-refractivity contribution >= 4 is 11.9 Å². The predicted molar refractivity (Wildman–Crippen MR) is 99.9 cm³/mol. The Kier molecular flexibility index (Phi) is 6.78. The highest BCUT2D eigenvalue weighted by atomic mass is 16.5. The highest BCUT2D eigenvalue weighted by Gasteiger charge is 2.13. The van der Waals surface area contributed by atoms with Crippen LogP contribution in [0.2, 0.25) is 0 Å². The van der Waals surface area contributed by atoms with Crippen molar-refractivity contribution in [1.29, 1.82) is 0 Å². The molecule has 5 heteroatoms. The molecular weight excluding hydrogens is 330 g/mol. The first-order chi connectivity index (χ1) is 12.3. The number of amides is 1. The summed E-state index contributed by atoms with van der Waals surface area (Å²) in [5.41, 5.74) is 2.55. The molecule has 5 nitrogen and oxygen atoms in total. The molecule has 1 amide bonds. The van der Waals surface area contributed by atoms with Crippen LogP contribution in [0.4, 0.5) is 0 Å². The standard InChI is InChI=1S/C21H25NO4/c1-14(2)12-16-4-6-17(7-5-16)15(3)22-20(24)13-26-21(25)18-8-10-19(23)11-9-18/h4-11,14-15,23H,12-13H2,1-3H3,(H,22,24)/t15-/m0/s1. The predicted octanol–water partition coefficient (Wildman–Crippen LogP) is 3.62. The van der Waals surface area contributed by atoms with Crippen LogP contribution in [-0.4, -0.2) is 23.6 Å². The zero-order valence-electron chi connectivity index (χ0n) is 15.4. The van der Waals surface area contributed by atoms with Crippen molar-refractivity contribution in [3.63, 3.8) is 0 Å². The average molecular weight is 355 g/mol. The Balaban J connectivity index is 1.83. The molecule has 2 rings (SSSR count). The molecular formula is C21H25NO4. The third kappa shape index (κ3) is 5.92. The van der Waals surface area contributed by atoms with Crippen LogP contribution in [0.3, 0.4) is 0 Å². The second-order valence-electron chi connectivity index (χ2n) is 6.75. The van der Waals surface area contributed by atoms with Crippen LogP contribution in [0.1, 0.15) is 48.3 Å². The lowest BCUT2D eigenvalue weighted by molar-refractivity contribution is -0.124. The van der Waals surface area contributed by atoms with E-state index in [2.05, 4.69) is 31.3 Å². The van der Waals surface area contributed by atoms with E-state index in [0.29, 0.717) is 5.92 Å². The molecule has 2 N–H and O–H groups in total. The summed E-state index contributed by atoms with van der Waals surface area (Å²) in [4.78, 5) is 23.9. The Morgan fingerprint density at radius 1 is 1.00 bits per heavy atom. The van der Waals surface area contributed by atoms with Gasteiger partial charge in [-0.1, -0.05) is 38.1 Å². The minimum atomic E-state index is -0.606. The third-order valence-electron chi connectivity index (χ3n) is 3.94. The monoisotopic (exact) mass is 355 g/mol. The quantitative estimate of drug-likeness (QED) is 0.744. The first kappa shape index (κ1) is 19.5. The van der Waals surface area contributed by atoms with Crippen LogP contribution < -0.4 is 5.32 Å². The highest BCUT2D eigenvalue weighted by Crippen LogP contribution is 2.15. The van der Waals surface area contributed by atoms with Crippen LogP contribution in [0, 0.1) is 5.92 Å². The smallest absolute Gasteiger partial charge is 0.338 e. The normalized spacial score (nSPS) is 11.8. The molecule has 0 saturated carbocycles. The summed E-state index contributed by atoms with van der Waals surface area (Å²) in [5, 5.41) is 12.0. The van der Waals surface area contributed by atoms with Gasteiger partial charge < -0.3 is 15.2 Å². The number of carbonyl (C=O) groups is 2. The van der Waals surface area contributed by atoms with Gasteiger partial charge in [0.1, 0.15) is 5.75 Å². The number of phenolic OH excluding ortho intramolecular Hbond substituents is 1. The van der Waals surface area contributed by atoms with Crippen LogP contribution in [0.25, 0.3) is 0 Å². The number of rotatable bonds is 7. The largest absolute Gasteiger partial charge is 0.508 e. The fraction of sp³-hybridized carbons (Fsp3) is 0.333. The first-order valence-electron chi connectivity index (χ1n) is 8.69. The number of hydrogen-bond acceptors (Lipinski definition) is 4. The molecule has 0 aliphatic carbocycles. The van der Waals surface area contributed by atoms with Crippen molar-refractivity contribution in [1.82, 2.24) is 5.32 Å². The van der Waals surface area contributed by atoms with Crippen molar-refractivity contribution in [2.45, 2.75) is 33.2 Å². The number of ether oxygens (including phenoxy) is 1. The lowest BCUT2D eigenvalue weighted by Gasteiger charge is -2.15. The first-order valence-corrected chi connectivity index (χ1v) is 8.69. The van der Waals surface area contributed by atoms with Crippen molar-refractivity contribution in [3.05, 3.63) is 65.2 Å². The van der Waals surface area contributed by atoms with Gasteiger partial charge in [0.2, 0.25) is 0 Å². The number of hydrogen-bond donors (Lipinski definition) is 2. The second-order valence-corrected chi connectivity index (χ2v) is 6.75. The van der Waals surface area contributed by atoms with Gasteiger partial charge in [0.25, 0.3) is 5.91 Å². The lowest BCUT2D eigenvalue weighted by Crippen LogP contribution is -2.31. The van der Waals surface area contributed by atoms with Crippen molar-refractivity contribution in [2.75, 3.05) is 6.61 Å². The highest BCUT2D eigenvalue weighted by molar-refractivity contribution is 5.91. The van der Waals surface area contributed by atoms with Crippen molar-refractivity contribution in [2.24, 2.45) is 5.92 Å². The molecule has 1 atom stereocenters. The molecule has 0 heterocycles. The number of aromatic hydroxyl groups is 1. The Labute approximate surface area is 154 Å². The van der Waals surface area contributed by atoms with Gasteiger partial charge in [-0.15, -0.1) is 0 Å². The molecule has 0 aliphatic rings. The molecule has 0 radical (unpaired) electrons. The van der Waals surface area contributed by atoms with Gasteiger partial charge in [-0.25, -0.2) is 4.79 Å². The van der Waals surface area contributed by atoms with E-state index >= 15 is 0 Å². The minimum Gasteiger partial charge on any atom is -0.508 e. The maximum atomic E-state index is 12.0. The van der Waals surface area contributed by atoms with Crippen molar-refractivity contribution in [3.8, 4) is 5.75 Å². The molecule has 0 bridgehead atoms. The topological polar surface area (TPSA) is 75.6 Å². The van der Waals surface area contributed by atoms with Gasteiger partial charge in [-0.2, -0.15) is 0 Å². The fourth-order valence-electron chi connectivity index (χ4n) is 2.59. The number of carbonyl (C=O) groups excluding carboxylic acids is 2. The summed E-state index contributed by atoms with van der Waals surface area (Å²) in [7, 11) is 0. The van der Waals surface area contributed by atoms with Crippen LogP contribution in [-0.2, 0) is 16.0 Å². The van der Waals surface area contributed by atoms with Crippen LogP contribution in [0.5, 0.6) is 5.75 Å². The number of nitrogens with one attached hydrogen (secondary N) is 1. The maximum absolute atomic E-state index is 12.0. The maximum Gasteiger partial charge on any atom is 0.338 e. The summed E-state index contributed by atoms with van der Waals surface area (Å²) in [6.07, 6.45) is 1.02. The number of benzene rings is 2. The molecule has 2 aromatic carbocycles. The third-order valence-corrected chi connectivity index (χ3v) is 3.94. The lowest BCUT2D eigenvalue weighted by atomic mass is 10.00. The summed E-state index contributed by atoms with van der Waals surface area (Å²) in [5.74, 6) is -0.310. The molecule has 0 spiro atoms. The van der Waals surface area contributed by atoms with E-state index in [9.17, 15) is 14.7 Å². The van der Waals surface area contributed by atoms with Crippen LogP contribution in [0.15, 0.2) is 48.5 Å². The van der Waals surface area contributed by atoms with E-state index in [-0.39, 0.29) is 29.9 Å². The number of phenols is 1. The Morgan fingerprint density at radius 2 is 1.62 bits per heavy atom. The number of esters is 1. The van der Waals surface area contributed by atoms with Crippen LogP contribution >= 0.6 is 0 Å². The minimum absolute atomic E-state index is 0.0625. The van der Waals surface area contributed by atoms with E-state index in [1.807, 2.05) is 19.1 Å². The van der Waals surface area contributed by atoms with E-state index in [4.69, 9.17) is 4.74 Å². The zero-order chi connectivity index (χ0) is 19.1. The summed E-state index contributed by atoms with van der Waals surface area (Å²) in [6.45, 7) is 5.89. The van der Waals surface area contributed by atoms with Gasteiger partial charge in [0, 0.05) is 0 Å². The zero-order valence-corrected chi connectivity index (χ0v) is 15.4. The van der Waals surface area contributed by atoms with E-state index < -0.39 is 5.97 Å². The Bertz CT molecular complexity index is 736.